The van der Waals surface area contributed by atoms with Crippen molar-refractivity contribution in [2.75, 3.05) is 0 Å². The van der Waals surface area contributed by atoms with E-state index in [4.69, 9.17) is 51.5 Å². The number of aromatic nitrogens is 1. The Labute approximate surface area is 188 Å². The lowest BCUT2D eigenvalue weighted by atomic mass is 9.89. The van der Waals surface area contributed by atoms with Gasteiger partial charge >= 0.3 is 5.97 Å². The van der Waals surface area contributed by atoms with Crippen molar-refractivity contribution in [1.29, 1.82) is 0 Å². The van der Waals surface area contributed by atoms with Crippen molar-refractivity contribution < 1.29 is 9.90 Å². The Hall–Kier alpha value is -0.780. The number of hydrogen-bond donors (Lipinski definition) is 1. The van der Waals surface area contributed by atoms with Gasteiger partial charge in [-0.15, -0.1) is 34.5 Å². The molecule has 1 aliphatic rings. The molecule has 0 saturated heterocycles. The fourth-order valence-electron chi connectivity index (χ4n) is 3.63. The van der Waals surface area contributed by atoms with Crippen molar-refractivity contribution in [1.82, 2.24) is 4.98 Å². The number of hydrogen-bond acceptors (Lipinski definition) is 3. The molecule has 1 fully saturated rings. The molecule has 0 spiro atoms. The molecule has 2 aromatic heterocycles. The first-order chi connectivity index (χ1) is 13.3. The summed E-state index contributed by atoms with van der Waals surface area (Å²) in [6, 6.07) is 7.06. The van der Waals surface area contributed by atoms with Crippen molar-refractivity contribution in [2.24, 2.45) is 11.8 Å². The third-order valence-corrected chi connectivity index (χ3v) is 7.45. The molecule has 28 heavy (non-hydrogen) atoms. The SMILES string of the molecule is O=C(O)c1ccc(CCC[C@@H]2[C@@H](C=Cc3cc(Cl)nc(Cl)c3)[C@H](Cl)C[C@H]2Cl)s1. The Morgan fingerprint density at radius 3 is 2.57 bits per heavy atom. The average molecular weight is 479 g/mol. The van der Waals surface area contributed by atoms with E-state index in [2.05, 4.69) is 11.1 Å². The van der Waals surface area contributed by atoms with E-state index in [-0.39, 0.29) is 22.6 Å². The van der Waals surface area contributed by atoms with Gasteiger partial charge in [0.1, 0.15) is 15.2 Å². The van der Waals surface area contributed by atoms with Gasteiger partial charge in [-0.05, 0) is 67.3 Å². The lowest BCUT2D eigenvalue weighted by Gasteiger charge is -2.20. The molecular weight excluding hydrogens is 460 g/mol. The maximum atomic E-state index is 11.0. The average Bonchev–Trinajstić information content (AvgIpc) is 3.18. The monoisotopic (exact) mass is 477 g/mol. The lowest BCUT2D eigenvalue weighted by Crippen LogP contribution is -2.16. The summed E-state index contributed by atoms with van der Waals surface area (Å²) in [6.07, 6.45) is 7.55. The maximum Gasteiger partial charge on any atom is 0.345 e. The summed E-state index contributed by atoms with van der Waals surface area (Å²) < 4.78 is 0. The number of carbonyl (C=O) groups is 1. The number of thiophene rings is 1. The van der Waals surface area contributed by atoms with Crippen molar-refractivity contribution in [3.8, 4) is 0 Å². The van der Waals surface area contributed by atoms with Gasteiger partial charge in [0.05, 0.1) is 0 Å². The summed E-state index contributed by atoms with van der Waals surface area (Å²) >= 11 is 26.4. The zero-order valence-electron chi connectivity index (χ0n) is 14.8. The van der Waals surface area contributed by atoms with E-state index in [0.29, 0.717) is 15.2 Å². The molecule has 3 rings (SSSR count). The second kappa shape index (κ2) is 9.82. The molecular formula is C20H19Cl4NO2S. The first-order valence-corrected chi connectivity index (χ1v) is 11.4. The number of aromatic carboxylic acids is 1. The van der Waals surface area contributed by atoms with Gasteiger partial charge in [-0.2, -0.15) is 0 Å². The minimum absolute atomic E-state index is 0.0168. The second-order valence-corrected chi connectivity index (χ2v) is 9.94. The summed E-state index contributed by atoms with van der Waals surface area (Å²) in [5.41, 5.74) is 0.880. The Balaban J connectivity index is 1.62. The van der Waals surface area contributed by atoms with Crippen LogP contribution in [0.15, 0.2) is 30.3 Å². The smallest absolute Gasteiger partial charge is 0.345 e. The van der Waals surface area contributed by atoms with Gasteiger partial charge in [-0.3, -0.25) is 0 Å². The van der Waals surface area contributed by atoms with E-state index in [1.54, 1.807) is 18.2 Å². The summed E-state index contributed by atoms with van der Waals surface area (Å²) in [4.78, 5) is 16.4. The molecule has 1 saturated carbocycles. The Bertz CT molecular complexity index is 849. The van der Waals surface area contributed by atoms with Crippen LogP contribution in [0.5, 0.6) is 0 Å². The Kier molecular flexibility index (Phi) is 7.68. The number of rotatable bonds is 7. The fourth-order valence-corrected chi connectivity index (χ4v) is 6.04. The van der Waals surface area contributed by atoms with Crippen LogP contribution in [0.1, 0.15) is 39.4 Å². The predicted molar refractivity (Wildman–Crippen MR) is 118 cm³/mol. The van der Waals surface area contributed by atoms with Gasteiger partial charge in [0.25, 0.3) is 0 Å². The molecule has 0 aromatic carbocycles. The lowest BCUT2D eigenvalue weighted by molar-refractivity contribution is 0.0702. The number of carboxylic acids is 1. The van der Waals surface area contributed by atoms with Crippen molar-refractivity contribution in [3.05, 3.63) is 56.0 Å². The predicted octanol–water partition coefficient (Wildman–Crippen LogP) is 7.04. The quantitative estimate of drug-likeness (QED) is 0.343. The molecule has 0 bridgehead atoms. The van der Waals surface area contributed by atoms with Crippen molar-refractivity contribution >= 4 is 69.8 Å². The first kappa shape index (κ1) is 21.9. The largest absolute Gasteiger partial charge is 0.477 e. The minimum Gasteiger partial charge on any atom is -0.477 e. The molecule has 0 aliphatic heterocycles. The minimum atomic E-state index is -0.876. The van der Waals surface area contributed by atoms with E-state index in [1.807, 2.05) is 12.1 Å². The van der Waals surface area contributed by atoms with E-state index < -0.39 is 5.97 Å². The summed E-state index contributed by atoms with van der Waals surface area (Å²) in [5, 5.41) is 9.75. The van der Waals surface area contributed by atoms with Crippen LogP contribution in [0.2, 0.25) is 10.3 Å². The summed E-state index contributed by atoms with van der Waals surface area (Å²) in [5.74, 6) is -0.445. The van der Waals surface area contributed by atoms with Crippen molar-refractivity contribution in [2.45, 2.75) is 36.4 Å². The molecule has 150 valence electrons. The Morgan fingerprint density at radius 2 is 1.93 bits per heavy atom. The molecule has 8 heteroatoms. The zero-order chi connectivity index (χ0) is 20.3. The summed E-state index contributed by atoms with van der Waals surface area (Å²) in [7, 11) is 0. The molecule has 4 atom stereocenters. The molecule has 3 nitrogen and oxygen atoms in total. The van der Waals surface area contributed by atoms with Gasteiger partial charge in [0.15, 0.2) is 0 Å². The fraction of sp³-hybridized carbons (Fsp3) is 0.400. The topological polar surface area (TPSA) is 50.2 Å². The van der Waals surface area contributed by atoms with Crippen LogP contribution in [0.3, 0.4) is 0 Å². The second-order valence-electron chi connectivity index (χ2n) is 6.88. The highest BCUT2D eigenvalue weighted by Crippen LogP contribution is 2.43. The van der Waals surface area contributed by atoms with Gasteiger partial charge in [0.2, 0.25) is 0 Å². The Morgan fingerprint density at radius 1 is 1.21 bits per heavy atom. The molecule has 0 radical (unpaired) electrons. The van der Waals surface area contributed by atoms with Crippen LogP contribution in [0, 0.1) is 11.8 Å². The zero-order valence-corrected chi connectivity index (χ0v) is 18.7. The standard InChI is InChI=1S/C20H19Cl4NO2S/c21-15-10-16(22)14(6-4-11-8-18(23)25-19(24)9-11)13(15)3-1-2-12-5-7-17(28-12)20(26)27/h4-9,13-16H,1-3,10H2,(H,26,27)/t13-,14-,15-,16-/m1/s1. The highest BCUT2D eigenvalue weighted by Gasteiger charge is 2.39. The highest BCUT2D eigenvalue weighted by atomic mass is 35.5. The third kappa shape index (κ3) is 5.64. The van der Waals surface area contributed by atoms with Crippen LogP contribution in [-0.2, 0) is 6.42 Å². The number of nitrogens with zero attached hydrogens (tertiary/aromatic N) is 1. The maximum absolute atomic E-state index is 11.0. The molecule has 1 N–H and O–H groups in total. The number of alkyl halides is 2. The van der Waals surface area contributed by atoms with Crippen LogP contribution >= 0.6 is 57.7 Å². The molecule has 0 amide bonds. The van der Waals surface area contributed by atoms with Crippen LogP contribution in [0.25, 0.3) is 6.08 Å². The van der Waals surface area contributed by atoms with E-state index in [0.717, 1.165) is 36.1 Å². The van der Waals surface area contributed by atoms with E-state index >= 15 is 0 Å². The van der Waals surface area contributed by atoms with Gasteiger partial charge < -0.3 is 5.11 Å². The molecule has 2 aromatic rings. The van der Waals surface area contributed by atoms with Crippen molar-refractivity contribution in [3.63, 3.8) is 0 Å². The van der Waals surface area contributed by atoms with Gasteiger partial charge in [-0.1, -0.05) is 35.4 Å². The van der Waals surface area contributed by atoms with Gasteiger partial charge in [-0.25, -0.2) is 9.78 Å². The summed E-state index contributed by atoms with van der Waals surface area (Å²) in [6.45, 7) is 0. The molecule has 2 heterocycles. The normalized spacial score (nSPS) is 24.9. The number of carboxylic acid groups (broad SMARTS) is 1. The first-order valence-electron chi connectivity index (χ1n) is 8.95. The third-order valence-electron chi connectivity index (χ3n) is 4.96. The number of allylic oxidation sites excluding steroid dienone is 1. The van der Waals surface area contributed by atoms with Crippen LogP contribution in [-0.4, -0.2) is 26.8 Å². The number of halogens is 4. The van der Waals surface area contributed by atoms with Crippen LogP contribution in [0.4, 0.5) is 0 Å². The van der Waals surface area contributed by atoms with Crippen LogP contribution < -0.4 is 0 Å². The highest BCUT2D eigenvalue weighted by molar-refractivity contribution is 7.13. The molecule has 1 aliphatic carbocycles. The van der Waals surface area contributed by atoms with E-state index in [9.17, 15) is 4.79 Å². The number of aryl methyl sites for hydroxylation is 1. The molecule has 0 unspecified atom stereocenters. The van der Waals surface area contributed by atoms with E-state index in [1.165, 1.54) is 11.3 Å². The van der Waals surface area contributed by atoms with Gasteiger partial charge in [0, 0.05) is 15.6 Å². The number of pyridine rings is 1.